The molecule has 0 saturated carbocycles. The van der Waals surface area contributed by atoms with Crippen molar-refractivity contribution in [1.29, 1.82) is 0 Å². The molecule has 1 saturated heterocycles. The summed E-state index contributed by atoms with van der Waals surface area (Å²) in [5.41, 5.74) is 1.78. The Kier molecular flexibility index (Phi) is 3.84. The topological polar surface area (TPSA) is 29.5 Å². The molecule has 2 rings (SSSR count). The third kappa shape index (κ3) is 2.69. The van der Waals surface area contributed by atoms with E-state index in [2.05, 4.69) is 15.9 Å². The number of hydrogen-bond donors (Lipinski definition) is 0. The van der Waals surface area contributed by atoms with Crippen molar-refractivity contribution in [3.05, 3.63) is 33.8 Å². The van der Waals surface area contributed by atoms with Crippen molar-refractivity contribution in [1.82, 2.24) is 4.90 Å². The maximum atomic E-state index is 12.4. The molecule has 4 heteroatoms. The van der Waals surface area contributed by atoms with E-state index in [-0.39, 0.29) is 11.9 Å². The molecule has 0 bridgehead atoms. The molecule has 1 aromatic carbocycles. The van der Waals surface area contributed by atoms with Crippen molar-refractivity contribution < 1.29 is 9.53 Å². The number of rotatable bonds is 1. The number of benzene rings is 1. The molecule has 1 heterocycles. The van der Waals surface area contributed by atoms with Gasteiger partial charge in [0.25, 0.3) is 5.91 Å². The maximum Gasteiger partial charge on any atom is 0.254 e. The molecule has 1 amide bonds. The van der Waals surface area contributed by atoms with Gasteiger partial charge in [-0.05, 0) is 37.6 Å². The summed E-state index contributed by atoms with van der Waals surface area (Å²) in [6.07, 6.45) is 0. The predicted octanol–water partition coefficient (Wildman–Crippen LogP) is 2.62. The van der Waals surface area contributed by atoms with E-state index in [9.17, 15) is 4.79 Å². The van der Waals surface area contributed by atoms with Crippen molar-refractivity contribution >= 4 is 21.8 Å². The SMILES string of the molecule is Cc1cc(Br)ccc1C(=O)N1CCOC[C@@H]1C. The monoisotopic (exact) mass is 297 g/mol. The molecule has 0 aliphatic carbocycles. The first kappa shape index (κ1) is 12.6. The molecule has 0 spiro atoms. The number of nitrogens with zero attached hydrogens (tertiary/aromatic N) is 1. The average Bonchev–Trinajstić information content (AvgIpc) is 2.29. The molecule has 0 unspecified atom stereocenters. The number of amides is 1. The van der Waals surface area contributed by atoms with Crippen LogP contribution >= 0.6 is 15.9 Å². The van der Waals surface area contributed by atoms with Gasteiger partial charge in [-0.15, -0.1) is 0 Å². The van der Waals surface area contributed by atoms with E-state index in [1.807, 2.05) is 36.9 Å². The molecule has 1 fully saturated rings. The Bertz CT molecular complexity index is 433. The first-order valence-electron chi connectivity index (χ1n) is 5.74. The quantitative estimate of drug-likeness (QED) is 0.797. The molecule has 3 nitrogen and oxygen atoms in total. The van der Waals surface area contributed by atoms with Crippen LogP contribution < -0.4 is 0 Å². The second-order valence-corrected chi connectivity index (χ2v) is 5.30. The van der Waals surface area contributed by atoms with Crippen molar-refractivity contribution in [3.8, 4) is 0 Å². The number of ether oxygens (including phenoxy) is 1. The van der Waals surface area contributed by atoms with E-state index in [4.69, 9.17) is 4.74 Å². The fraction of sp³-hybridized carbons (Fsp3) is 0.462. The summed E-state index contributed by atoms with van der Waals surface area (Å²) in [6, 6.07) is 5.91. The van der Waals surface area contributed by atoms with Gasteiger partial charge in [0.1, 0.15) is 0 Å². The lowest BCUT2D eigenvalue weighted by molar-refractivity contribution is 0.00355. The molecule has 1 aliphatic heterocycles. The van der Waals surface area contributed by atoms with E-state index in [1.54, 1.807) is 0 Å². The van der Waals surface area contributed by atoms with Crippen molar-refractivity contribution in [2.75, 3.05) is 19.8 Å². The average molecular weight is 298 g/mol. The summed E-state index contributed by atoms with van der Waals surface area (Å²) in [5.74, 6) is 0.103. The molecule has 92 valence electrons. The van der Waals surface area contributed by atoms with Crippen LogP contribution in [0.2, 0.25) is 0 Å². The van der Waals surface area contributed by atoms with Crippen LogP contribution in [0.5, 0.6) is 0 Å². The lowest BCUT2D eigenvalue weighted by Crippen LogP contribution is -2.47. The third-order valence-corrected chi connectivity index (χ3v) is 3.54. The van der Waals surface area contributed by atoms with E-state index in [0.29, 0.717) is 19.8 Å². The summed E-state index contributed by atoms with van der Waals surface area (Å²) in [7, 11) is 0. The highest BCUT2D eigenvalue weighted by Crippen LogP contribution is 2.19. The first-order valence-corrected chi connectivity index (χ1v) is 6.54. The number of aryl methyl sites for hydroxylation is 1. The highest BCUT2D eigenvalue weighted by molar-refractivity contribution is 9.10. The normalized spacial score (nSPS) is 20.4. The van der Waals surface area contributed by atoms with Crippen LogP contribution in [0.4, 0.5) is 0 Å². The zero-order chi connectivity index (χ0) is 12.4. The van der Waals surface area contributed by atoms with E-state index >= 15 is 0 Å². The van der Waals surface area contributed by atoms with E-state index < -0.39 is 0 Å². The van der Waals surface area contributed by atoms with Crippen molar-refractivity contribution in [3.63, 3.8) is 0 Å². The Labute approximate surface area is 110 Å². The van der Waals surface area contributed by atoms with Gasteiger partial charge in [0, 0.05) is 16.6 Å². The molecule has 1 atom stereocenters. The van der Waals surface area contributed by atoms with Gasteiger partial charge in [-0.2, -0.15) is 0 Å². The van der Waals surface area contributed by atoms with Gasteiger partial charge in [-0.1, -0.05) is 15.9 Å². The minimum Gasteiger partial charge on any atom is -0.377 e. The molecule has 0 N–H and O–H groups in total. The Morgan fingerprint density at radius 2 is 2.29 bits per heavy atom. The number of morpholine rings is 1. The summed E-state index contributed by atoms with van der Waals surface area (Å²) >= 11 is 3.41. The van der Waals surface area contributed by atoms with Gasteiger partial charge in [-0.25, -0.2) is 0 Å². The van der Waals surface area contributed by atoms with E-state index in [1.165, 1.54) is 0 Å². The van der Waals surface area contributed by atoms with Crippen molar-refractivity contribution in [2.24, 2.45) is 0 Å². The molecule has 1 aliphatic rings. The van der Waals surface area contributed by atoms with Gasteiger partial charge < -0.3 is 9.64 Å². The number of carbonyl (C=O) groups is 1. The molecule has 17 heavy (non-hydrogen) atoms. The summed E-state index contributed by atoms with van der Waals surface area (Å²) in [6.45, 7) is 5.91. The van der Waals surface area contributed by atoms with Crippen LogP contribution in [0.1, 0.15) is 22.8 Å². The summed E-state index contributed by atoms with van der Waals surface area (Å²) < 4.78 is 6.35. The first-order chi connectivity index (χ1) is 8.09. The number of hydrogen-bond acceptors (Lipinski definition) is 2. The van der Waals surface area contributed by atoms with Crippen LogP contribution in [-0.4, -0.2) is 36.6 Å². The fourth-order valence-corrected chi connectivity index (χ4v) is 2.53. The second kappa shape index (κ2) is 5.19. The number of carbonyl (C=O) groups excluding carboxylic acids is 1. The summed E-state index contributed by atoms with van der Waals surface area (Å²) in [4.78, 5) is 14.3. The highest BCUT2D eigenvalue weighted by Gasteiger charge is 2.25. The molecule has 1 aromatic rings. The Morgan fingerprint density at radius 3 is 2.94 bits per heavy atom. The molecule has 0 radical (unpaired) electrons. The van der Waals surface area contributed by atoms with Crippen LogP contribution in [0.15, 0.2) is 22.7 Å². The lowest BCUT2D eigenvalue weighted by atomic mass is 10.1. The van der Waals surface area contributed by atoms with Crippen molar-refractivity contribution in [2.45, 2.75) is 19.9 Å². The van der Waals surface area contributed by atoms with Gasteiger partial charge in [0.2, 0.25) is 0 Å². The predicted molar refractivity (Wildman–Crippen MR) is 70.2 cm³/mol. The van der Waals surface area contributed by atoms with Gasteiger partial charge >= 0.3 is 0 Å². The van der Waals surface area contributed by atoms with Crippen LogP contribution in [0.25, 0.3) is 0 Å². The zero-order valence-electron chi connectivity index (χ0n) is 10.1. The lowest BCUT2D eigenvalue weighted by Gasteiger charge is -2.33. The van der Waals surface area contributed by atoms with Crippen LogP contribution in [0, 0.1) is 6.92 Å². The van der Waals surface area contributed by atoms with Gasteiger partial charge in [0.15, 0.2) is 0 Å². The maximum absolute atomic E-state index is 12.4. The molecular formula is C13H16BrNO2. The third-order valence-electron chi connectivity index (χ3n) is 3.05. The summed E-state index contributed by atoms with van der Waals surface area (Å²) in [5, 5.41) is 0. The van der Waals surface area contributed by atoms with Crippen LogP contribution in [0.3, 0.4) is 0 Å². The van der Waals surface area contributed by atoms with Crippen LogP contribution in [-0.2, 0) is 4.74 Å². The van der Waals surface area contributed by atoms with E-state index in [0.717, 1.165) is 15.6 Å². The van der Waals surface area contributed by atoms with Gasteiger partial charge in [0.05, 0.1) is 19.3 Å². The molecular weight excluding hydrogens is 282 g/mol. The van der Waals surface area contributed by atoms with Gasteiger partial charge in [-0.3, -0.25) is 4.79 Å². The fourth-order valence-electron chi connectivity index (χ4n) is 2.05. The second-order valence-electron chi connectivity index (χ2n) is 4.38. The standard InChI is InChI=1S/C13H16BrNO2/c1-9-7-11(14)3-4-12(9)13(16)15-5-6-17-8-10(15)2/h3-4,7,10H,5-6,8H2,1-2H3/t10-/m0/s1. The minimum atomic E-state index is 0.103. The zero-order valence-corrected chi connectivity index (χ0v) is 11.7. The largest absolute Gasteiger partial charge is 0.377 e. The molecule has 0 aromatic heterocycles. The Balaban J connectivity index is 2.24. The Hall–Kier alpha value is -0.870. The Morgan fingerprint density at radius 1 is 1.53 bits per heavy atom. The highest BCUT2D eigenvalue weighted by atomic mass is 79.9. The smallest absolute Gasteiger partial charge is 0.254 e. The minimum absolute atomic E-state index is 0.103. The number of halogens is 1.